The third-order valence-electron chi connectivity index (χ3n) is 6.18. The Bertz CT molecular complexity index is 1370. The molecule has 1 N–H and O–H groups in total. The van der Waals surface area contributed by atoms with Gasteiger partial charge in [0.1, 0.15) is 12.4 Å². The highest BCUT2D eigenvalue weighted by Crippen LogP contribution is 2.19. The maximum Gasteiger partial charge on any atom is 0.333 e. The molecule has 0 saturated carbocycles. The quantitative estimate of drug-likeness (QED) is 0.177. The summed E-state index contributed by atoms with van der Waals surface area (Å²) < 4.78 is 11.2. The van der Waals surface area contributed by atoms with Gasteiger partial charge in [0.25, 0.3) is 0 Å². The Labute approximate surface area is 236 Å². The average Bonchev–Trinajstić information content (AvgIpc) is 2.99. The van der Waals surface area contributed by atoms with Crippen LogP contribution in [0.3, 0.4) is 0 Å². The van der Waals surface area contributed by atoms with Crippen molar-refractivity contribution in [1.82, 2.24) is 0 Å². The van der Waals surface area contributed by atoms with Gasteiger partial charge in [0.05, 0.1) is 0 Å². The molecule has 40 heavy (non-hydrogen) atoms. The van der Waals surface area contributed by atoms with Crippen LogP contribution in [0, 0.1) is 0 Å². The maximum atomic E-state index is 11.3. The van der Waals surface area contributed by atoms with E-state index in [0.717, 1.165) is 39.1 Å². The SMILES string of the molecule is CCO[C@@H](Cc1ccc(OC/C=C/c2cc(/C=C/c3ccccc3)cc(/C=C/c3ccccc3)c2)cc1)C(=O)O. The summed E-state index contributed by atoms with van der Waals surface area (Å²) in [6, 6.07) is 34.5. The Morgan fingerprint density at radius 1 is 0.700 bits per heavy atom. The molecule has 0 aromatic heterocycles. The van der Waals surface area contributed by atoms with Gasteiger partial charge in [0, 0.05) is 13.0 Å². The molecule has 0 fully saturated rings. The minimum Gasteiger partial charge on any atom is -0.490 e. The third-order valence-corrected chi connectivity index (χ3v) is 6.18. The van der Waals surface area contributed by atoms with Gasteiger partial charge in [-0.05, 0) is 76.7 Å². The van der Waals surface area contributed by atoms with Gasteiger partial charge >= 0.3 is 5.97 Å². The van der Waals surface area contributed by atoms with Crippen LogP contribution >= 0.6 is 0 Å². The molecule has 202 valence electrons. The Morgan fingerprint density at radius 3 is 1.70 bits per heavy atom. The average molecular weight is 531 g/mol. The molecule has 4 aromatic rings. The molecule has 4 nitrogen and oxygen atoms in total. The zero-order valence-corrected chi connectivity index (χ0v) is 22.6. The molecule has 0 radical (unpaired) electrons. The number of rotatable bonds is 13. The maximum absolute atomic E-state index is 11.3. The Morgan fingerprint density at radius 2 is 1.20 bits per heavy atom. The van der Waals surface area contributed by atoms with E-state index in [2.05, 4.69) is 72.8 Å². The number of carboxylic acids is 1. The van der Waals surface area contributed by atoms with Crippen molar-refractivity contribution in [3.05, 3.63) is 143 Å². The second-order valence-electron chi connectivity index (χ2n) is 9.26. The fourth-order valence-electron chi connectivity index (χ4n) is 4.19. The van der Waals surface area contributed by atoms with Crippen LogP contribution in [0.2, 0.25) is 0 Å². The van der Waals surface area contributed by atoms with Gasteiger partial charge < -0.3 is 14.6 Å². The molecule has 0 aliphatic carbocycles. The molecule has 0 unspecified atom stereocenters. The molecule has 0 aliphatic rings. The first kappa shape index (κ1) is 28.3. The normalized spacial score (nSPS) is 12.3. The Kier molecular flexibility index (Phi) is 10.7. The van der Waals surface area contributed by atoms with Gasteiger partial charge in [-0.3, -0.25) is 0 Å². The van der Waals surface area contributed by atoms with Gasteiger partial charge in [0.15, 0.2) is 6.10 Å². The van der Waals surface area contributed by atoms with Crippen LogP contribution < -0.4 is 4.74 Å². The molecule has 0 spiro atoms. The number of carboxylic acid groups (broad SMARTS) is 1. The monoisotopic (exact) mass is 530 g/mol. The molecule has 4 heteroatoms. The highest BCUT2D eigenvalue weighted by atomic mass is 16.5. The van der Waals surface area contributed by atoms with Crippen LogP contribution in [0.25, 0.3) is 30.4 Å². The first-order chi connectivity index (χ1) is 19.6. The van der Waals surface area contributed by atoms with E-state index in [1.807, 2.05) is 66.7 Å². The van der Waals surface area contributed by atoms with Crippen LogP contribution in [0.1, 0.15) is 40.3 Å². The van der Waals surface area contributed by atoms with Gasteiger partial charge in [-0.2, -0.15) is 0 Å². The molecule has 0 heterocycles. The zero-order chi connectivity index (χ0) is 28.0. The van der Waals surface area contributed by atoms with E-state index in [0.29, 0.717) is 19.6 Å². The van der Waals surface area contributed by atoms with E-state index in [4.69, 9.17) is 9.47 Å². The van der Waals surface area contributed by atoms with Crippen LogP contribution in [-0.2, 0) is 16.0 Å². The van der Waals surface area contributed by atoms with E-state index in [1.54, 1.807) is 6.92 Å². The summed E-state index contributed by atoms with van der Waals surface area (Å²) in [6.07, 6.45) is 12.0. The minimum atomic E-state index is -0.953. The van der Waals surface area contributed by atoms with Gasteiger partial charge in [-0.1, -0.05) is 103 Å². The summed E-state index contributed by atoms with van der Waals surface area (Å²) in [5, 5.41) is 9.29. The van der Waals surface area contributed by atoms with Crippen molar-refractivity contribution in [2.24, 2.45) is 0 Å². The predicted molar refractivity (Wildman–Crippen MR) is 165 cm³/mol. The van der Waals surface area contributed by atoms with Crippen LogP contribution in [0.5, 0.6) is 5.75 Å². The second kappa shape index (κ2) is 15.1. The first-order valence-corrected chi connectivity index (χ1v) is 13.4. The molecule has 0 saturated heterocycles. The van der Waals surface area contributed by atoms with E-state index >= 15 is 0 Å². The molecular weight excluding hydrogens is 496 g/mol. The number of hydrogen-bond acceptors (Lipinski definition) is 3. The van der Waals surface area contributed by atoms with Crippen LogP contribution in [0.4, 0.5) is 0 Å². The number of carbonyl (C=O) groups is 1. The molecule has 0 bridgehead atoms. The van der Waals surface area contributed by atoms with Crippen molar-refractivity contribution in [1.29, 1.82) is 0 Å². The number of aliphatic carboxylic acids is 1. The number of ether oxygens (including phenoxy) is 2. The molecule has 4 rings (SSSR count). The summed E-state index contributed by atoms with van der Waals surface area (Å²) >= 11 is 0. The highest BCUT2D eigenvalue weighted by Gasteiger charge is 2.17. The minimum absolute atomic E-state index is 0.319. The number of benzene rings is 4. The lowest BCUT2D eigenvalue weighted by Crippen LogP contribution is -2.26. The van der Waals surface area contributed by atoms with Crippen molar-refractivity contribution in [3.8, 4) is 5.75 Å². The Balaban J connectivity index is 1.43. The van der Waals surface area contributed by atoms with Crippen LogP contribution in [0.15, 0.2) is 109 Å². The van der Waals surface area contributed by atoms with E-state index in [9.17, 15) is 9.90 Å². The lowest BCUT2D eigenvalue weighted by molar-refractivity contribution is -0.149. The standard InChI is InChI=1S/C36H34O4/c1-2-39-35(36(37)38)27-30-19-21-34(22-20-30)40-23-9-14-31-24-32(17-15-28-10-5-3-6-11-28)26-33(25-31)18-16-29-12-7-4-8-13-29/h3-22,24-26,35H,2,23,27H2,1H3,(H,37,38)/b14-9+,17-15+,18-16+/t35-/m0/s1. The summed E-state index contributed by atoms with van der Waals surface area (Å²) in [4.78, 5) is 11.3. The lowest BCUT2D eigenvalue weighted by Gasteiger charge is -2.12. The fraction of sp³-hybridized carbons (Fsp3) is 0.139. The molecule has 1 atom stereocenters. The van der Waals surface area contributed by atoms with Crippen molar-refractivity contribution >= 4 is 36.3 Å². The van der Waals surface area contributed by atoms with Crippen LogP contribution in [-0.4, -0.2) is 30.4 Å². The zero-order valence-electron chi connectivity index (χ0n) is 22.6. The molecule has 0 amide bonds. The second-order valence-corrected chi connectivity index (χ2v) is 9.26. The molecular formula is C36H34O4. The summed E-state index contributed by atoms with van der Waals surface area (Å²) in [5.41, 5.74) is 6.50. The third kappa shape index (κ3) is 9.26. The van der Waals surface area contributed by atoms with E-state index in [1.165, 1.54) is 0 Å². The van der Waals surface area contributed by atoms with Gasteiger partial charge in [-0.15, -0.1) is 0 Å². The van der Waals surface area contributed by atoms with Crippen molar-refractivity contribution in [2.45, 2.75) is 19.4 Å². The topological polar surface area (TPSA) is 55.8 Å². The largest absolute Gasteiger partial charge is 0.490 e. The van der Waals surface area contributed by atoms with E-state index in [-0.39, 0.29) is 0 Å². The lowest BCUT2D eigenvalue weighted by atomic mass is 10.0. The molecule has 0 aliphatic heterocycles. The van der Waals surface area contributed by atoms with E-state index < -0.39 is 12.1 Å². The highest BCUT2D eigenvalue weighted by molar-refractivity contribution is 5.76. The summed E-state index contributed by atoms with van der Waals surface area (Å²) in [7, 11) is 0. The van der Waals surface area contributed by atoms with Gasteiger partial charge in [-0.25, -0.2) is 4.79 Å². The smallest absolute Gasteiger partial charge is 0.333 e. The van der Waals surface area contributed by atoms with Crippen molar-refractivity contribution in [2.75, 3.05) is 13.2 Å². The molecule has 4 aromatic carbocycles. The predicted octanol–water partition coefficient (Wildman–Crippen LogP) is 8.15. The van der Waals surface area contributed by atoms with Crippen molar-refractivity contribution < 1.29 is 19.4 Å². The first-order valence-electron chi connectivity index (χ1n) is 13.4. The van der Waals surface area contributed by atoms with Gasteiger partial charge in [0.2, 0.25) is 0 Å². The van der Waals surface area contributed by atoms with Crippen molar-refractivity contribution in [3.63, 3.8) is 0 Å². The number of hydrogen-bond donors (Lipinski definition) is 1. The Hall–Kier alpha value is -4.67. The summed E-state index contributed by atoms with van der Waals surface area (Å²) in [6.45, 7) is 2.57. The summed E-state index contributed by atoms with van der Waals surface area (Å²) in [5.74, 6) is -0.228. The fourth-order valence-corrected chi connectivity index (χ4v) is 4.19.